The molecular weight excluding hydrogens is 427 g/mol. The maximum atomic E-state index is 13.0. The number of nitrogens with one attached hydrogen (secondary N) is 2. The Labute approximate surface area is 189 Å². The van der Waals surface area contributed by atoms with Gasteiger partial charge in [0.15, 0.2) is 5.76 Å². The van der Waals surface area contributed by atoms with Crippen LogP contribution in [0.4, 0.5) is 15.8 Å². The van der Waals surface area contributed by atoms with Gasteiger partial charge in [0.05, 0.1) is 0 Å². The normalized spacial score (nSPS) is 10.6. The fraction of sp³-hybridized carbons (Fsp3) is 0.125. The first-order valence-corrected chi connectivity index (χ1v) is 10.2. The average Bonchev–Trinajstić information content (AvgIpc) is 3.49. The van der Waals surface area contributed by atoms with Crippen molar-refractivity contribution in [3.8, 4) is 5.75 Å². The largest absolute Gasteiger partial charge is 0.486 e. The molecule has 168 valence electrons. The summed E-state index contributed by atoms with van der Waals surface area (Å²) in [6.07, 6.45) is 1.57. The number of aryl methyl sites for hydroxylation is 1. The third kappa shape index (κ3) is 5.45. The van der Waals surface area contributed by atoms with Crippen LogP contribution < -0.4 is 15.4 Å². The second-order valence-corrected chi connectivity index (χ2v) is 7.03. The van der Waals surface area contributed by atoms with Gasteiger partial charge in [-0.1, -0.05) is 6.07 Å². The second-order valence-electron chi connectivity index (χ2n) is 7.03. The summed E-state index contributed by atoms with van der Waals surface area (Å²) in [6.45, 7) is 2.57. The van der Waals surface area contributed by atoms with Crippen molar-refractivity contribution in [1.82, 2.24) is 9.78 Å². The molecule has 33 heavy (non-hydrogen) atoms. The van der Waals surface area contributed by atoms with Crippen LogP contribution in [0.3, 0.4) is 0 Å². The minimum Gasteiger partial charge on any atom is -0.486 e. The molecule has 9 heteroatoms. The Bertz CT molecular complexity index is 1260. The predicted octanol–water partition coefficient (Wildman–Crippen LogP) is 4.72. The van der Waals surface area contributed by atoms with Crippen LogP contribution in [0.5, 0.6) is 5.75 Å². The van der Waals surface area contributed by atoms with E-state index in [0.717, 1.165) is 0 Å². The molecular formula is C24H21FN4O4. The van der Waals surface area contributed by atoms with E-state index < -0.39 is 5.91 Å². The molecule has 2 amide bonds. The third-order valence-electron chi connectivity index (χ3n) is 4.71. The fourth-order valence-electron chi connectivity index (χ4n) is 3.10. The molecule has 0 aliphatic carbocycles. The van der Waals surface area contributed by atoms with Gasteiger partial charge in [-0.25, -0.2) is 4.39 Å². The lowest BCUT2D eigenvalue weighted by atomic mass is 10.2. The van der Waals surface area contributed by atoms with Crippen molar-refractivity contribution in [3.63, 3.8) is 0 Å². The molecule has 0 radical (unpaired) electrons. The zero-order valence-electron chi connectivity index (χ0n) is 17.7. The quantitative estimate of drug-likeness (QED) is 0.407. The van der Waals surface area contributed by atoms with Crippen molar-refractivity contribution >= 4 is 23.2 Å². The van der Waals surface area contributed by atoms with Crippen LogP contribution in [-0.4, -0.2) is 21.6 Å². The number of aromatic nitrogens is 2. The van der Waals surface area contributed by atoms with Gasteiger partial charge < -0.3 is 19.8 Å². The highest BCUT2D eigenvalue weighted by atomic mass is 19.1. The van der Waals surface area contributed by atoms with Gasteiger partial charge in [-0.3, -0.25) is 14.3 Å². The predicted molar refractivity (Wildman–Crippen MR) is 120 cm³/mol. The molecule has 0 unspecified atom stereocenters. The van der Waals surface area contributed by atoms with Crippen LogP contribution in [0.1, 0.15) is 33.7 Å². The average molecular weight is 448 g/mol. The molecule has 2 aromatic heterocycles. The molecule has 2 heterocycles. The van der Waals surface area contributed by atoms with E-state index in [1.54, 1.807) is 47.3 Å². The van der Waals surface area contributed by atoms with Crippen molar-refractivity contribution < 1.29 is 23.1 Å². The van der Waals surface area contributed by atoms with Crippen molar-refractivity contribution in [2.24, 2.45) is 0 Å². The maximum Gasteiger partial charge on any atom is 0.291 e. The zero-order valence-corrected chi connectivity index (χ0v) is 17.7. The Morgan fingerprint density at radius 1 is 1.00 bits per heavy atom. The number of nitrogens with zero attached hydrogens (tertiary/aromatic N) is 2. The number of furan rings is 1. The van der Waals surface area contributed by atoms with E-state index >= 15 is 0 Å². The molecule has 0 bridgehead atoms. The molecule has 2 aromatic carbocycles. The molecule has 8 nitrogen and oxygen atoms in total. The van der Waals surface area contributed by atoms with E-state index in [0.29, 0.717) is 35.1 Å². The lowest BCUT2D eigenvalue weighted by molar-refractivity contribution is 0.0990. The van der Waals surface area contributed by atoms with Gasteiger partial charge in [0, 0.05) is 24.1 Å². The highest BCUT2D eigenvalue weighted by Crippen LogP contribution is 2.19. The smallest absolute Gasteiger partial charge is 0.291 e. The van der Waals surface area contributed by atoms with E-state index in [1.165, 1.54) is 30.3 Å². The van der Waals surface area contributed by atoms with Crippen LogP contribution in [0.25, 0.3) is 0 Å². The van der Waals surface area contributed by atoms with Crippen LogP contribution in [0, 0.1) is 5.82 Å². The van der Waals surface area contributed by atoms with Gasteiger partial charge in [0.1, 0.15) is 29.6 Å². The number of rotatable bonds is 8. The number of halogens is 1. The van der Waals surface area contributed by atoms with Gasteiger partial charge in [0.2, 0.25) is 0 Å². The van der Waals surface area contributed by atoms with E-state index in [-0.39, 0.29) is 24.1 Å². The molecule has 4 rings (SSSR count). The van der Waals surface area contributed by atoms with E-state index in [2.05, 4.69) is 15.7 Å². The topological polar surface area (TPSA) is 98.4 Å². The molecule has 0 aliphatic rings. The van der Waals surface area contributed by atoms with E-state index in [9.17, 15) is 14.0 Å². The number of carbonyl (C=O) groups is 2. The Morgan fingerprint density at radius 3 is 2.45 bits per heavy atom. The summed E-state index contributed by atoms with van der Waals surface area (Å²) < 4.78 is 25.6. The molecule has 0 fully saturated rings. The van der Waals surface area contributed by atoms with Crippen LogP contribution in [0.2, 0.25) is 0 Å². The van der Waals surface area contributed by atoms with Crippen molar-refractivity contribution in [2.75, 3.05) is 10.6 Å². The lowest BCUT2D eigenvalue weighted by Gasteiger charge is -2.09. The SMILES string of the molecule is CCn1nccc1C(=O)Nc1cccc(NC(=O)c2ccc(COc3ccc(F)cc3)o2)c1. The number of hydrogen-bond donors (Lipinski definition) is 2. The third-order valence-corrected chi connectivity index (χ3v) is 4.71. The minimum absolute atomic E-state index is 0.0920. The summed E-state index contributed by atoms with van der Waals surface area (Å²) >= 11 is 0. The number of ether oxygens (including phenoxy) is 1. The van der Waals surface area contributed by atoms with Crippen LogP contribution in [-0.2, 0) is 13.2 Å². The summed E-state index contributed by atoms with van der Waals surface area (Å²) in [5.74, 6) is -0.0626. The number of amides is 2. The molecule has 0 saturated heterocycles. The fourth-order valence-corrected chi connectivity index (χ4v) is 3.10. The maximum absolute atomic E-state index is 13.0. The molecule has 0 spiro atoms. The Hall–Kier alpha value is -4.40. The van der Waals surface area contributed by atoms with Gasteiger partial charge >= 0.3 is 0 Å². The summed E-state index contributed by atoms with van der Waals surface area (Å²) in [6, 6.07) is 17.2. The highest BCUT2D eigenvalue weighted by Gasteiger charge is 2.14. The Morgan fingerprint density at radius 2 is 1.73 bits per heavy atom. The summed E-state index contributed by atoms with van der Waals surface area (Å²) in [7, 11) is 0. The first kappa shape index (κ1) is 21.8. The lowest BCUT2D eigenvalue weighted by Crippen LogP contribution is -2.17. The summed E-state index contributed by atoms with van der Waals surface area (Å²) in [4.78, 5) is 25.0. The van der Waals surface area contributed by atoms with E-state index in [1.807, 2.05) is 6.92 Å². The van der Waals surface area contributed by atoms with Crippen LogP contribution >= 0.6 is 0 Å². The molecule has 4 aromatic rings. The highest BCUT2D eigenvalue weighted by molar-refractivity contribution is 6.05. The molecule has 0 aliphatic heterocycles. The van der Waals surface area contributed by atoms with Gasteiger partial charge in [-0.05, 0) is 67.6 Å². The Kier molecular flexibility index (Phi) is 6.49. The van der Waals surface area contributed by atoms with Gasteiger partial charge in [-0.2, -0.15) is 5.10 Å². The standard InChI is InChI=1S/C24H21FN4O4/c1-2-29-21(12-13-26-29)23(30)27-17-4-3-5-18(14-17)28-24(31)22-11-10-20(33-22)15-32-19-8-6-16(25)7-9-19/h3-14H,2,15H2,1H3,(H,27,30)(H,28,31). The summed E-state index contributed by atoms with van der Waals surface area (Å²) in [5.41, 5.74) is 1.45. The monoisotopic (exact) mass is 448 g/mol. The first-order chi connectivity index (χ1) is 16.0. The number of benzene rings is 2. The first-order valence-electron chi connectivity index (χ1n) is 10.2. The number of anilines is 2. The van der Waals surface area contributed by atoms with Crippen molar-refractivity contribution in [3.05, 3.63) is 96.0 Å². The van der Waals surface area contributed by atoms with Crippen LogP contribution in [0.15, 0.2) is 77.3 Å². The number of carbonyl (C=O) groups excluding carboxylic acids is 2. The molecule has 2 N–H and O–H groups in total. The van der Waals surface area contributed by atoms with Crippen molar-refractivity contribution in [2.45, 2.75) is 20.1 Å². The summed E-state index contributed by atoms with van der Waals surface area (Å²) in [5, 5.41) is 9.62. The second kappa shape index (κ2) is 9.82. The van der Waals surface area contributed by atoms with E-state index in [4.69, 9.17) is 9.15 Å². The van der Waals surface area contributed by atoms with Gasteiger partial charge in [-0.15, -0.1) is 0 Å². The van der Waals surface area contributed by atoms with Gasteiger partial charge in [0.25, 0.3) is 11.8 Å². The number of hydrogen-bond acceptors (Lipinski definition) is 5. The zero-order chi connectivity index (χ0) is 23.2. The van der Waals surface area contributed by atoms with Crippen molar-refractivity contribution in [1.29, 1.82) is 0 Å². The Balaban J connectivity index is 1.36. The minimum atomic E-state index is -0.449. The molecule has 0 atom stereocenters. The molecule has 0 saturated carbocycles.